The number of aromatic amines is 1. The van der Waals surface area contributed by atoms with Crippen molar-refractivity contribution >= 4 is 16.8 Å². The van der Waals surface area contributed by atoms with Gasteiger partial charge in [0.05, 0.1) is 18.6 Å². The lowest BCUT2D eigenvalue weighted by Crippen LogP contribution is -2.50. The summed E-state index contributed by atoms with van der Waals surface area (Å²) in [4.78, 5) is 18.6. The van der Waals surface area contributed by atoms with Crippen molar-refractivity contribution < 1.29 is 14.3 Å². The van der Waals surface area contributed by atoms with Crippen LogP contribution in [0.2, 0.25) is 0 Å². The quantitative estimate of drug-likeness (QED) is 0.923. The van der Waals surface area contributed by atoms with Crippen LogP contribution in [0.1, 0.15) is 31.2 Å². The third-order valence-electron chi connectivity index (χ3n) is 5.89. The van der Waals surface area contributed by atoms with Gasteiger partial charge >= 0.3 is 0 Å². The Morgan fingerprint density at radius 1 is 1.04 bits per heavy atom. The lowest BCUT2D eigenvalue weighted by molar-refractivity contribution is -0.188. The van der Waals surface area contributed by atoms with Crippen molar-refractivity contribution in [1.29, 1.82) is 0 Å². The Morgan fingerprint density at radius 2 is 1.75 bits per heavy atom. The smallest absolute Gasteiger partial charge is 0.233 e. The lowest BCUT2D eigenvalue weighted by Gasteiger charge is -2.39. The molecule has 3 heterocycles. The topological polar surface area (TPSA) is 54.6 Å². The van der Waals surface area contributed by atoms with Gasteiger partial charge in [0, 0.05) is 43.0 Å². The molecule has 2 aliphatic heterocycles. The highest BCUT2D eigenvalue weighted by molar-refractivity contribution is 5.97. The van der Waals surface area contributed by atoms with Crippen molar-refractivity contribution in [3.05, 3.63) is 36.0 Å². The number of piperidine rings is 1. The van der Waals surface area contributed by atoms with Crippen LogP contribution >= 0.6 is 0 Å². The Labute approximate surface area is 140 Å². The number of aromatic nitrogens is 1. The van der Waals surface area contributed by atoms with E-state index in [1.165, 1.54) is 5.39 Å². The summed E-state index contributed by atoms with van der Waals surface area (Å²) in [6.45, 7) is 2.80. The van der Waals surface area contributed by atoms with Gasteiger partial charge in [0.2, 0.25) is 5.91 Å². The van der Waals surface area contributed by atoms with E-state index in [2.05, 4.69) is 17.1 Å². The van der Waals surface area contributed by atoms with Gasteiger partial charge < -0.3 is 19.4 Å². The third kappa shape index (κ3) is 2.04. The molecule has 0 bridgehead atoms. The molecule has 1 saturated carbocycles. The summed E-state index contributed by atoms with van der Waals surface area (Å²) in [7, 11) is 0. The molecule has 126 valence electrons. The summed E-state index contributed by atoms with van der Waals surface area (Å²) in [5, 5.41) is 1.18. The maximum atomic E-state index is 13.3. The molecule has 5 heteroatoms. The molecule has 0 radical (unpaired) electrons. The molecule has 24 heavy (non-hydrogen) atoms. The first kappa shape index (κ1) is 14.5. The molecular formula is C19H22N2O3. The molecule has 1 aromatic heterocycles. The molecule has 1 amide bonds. The third-order valence-corrected chi connectivity index (χ3v) is 5.89. The molecule has 1 aromatic carbocycles. The van der Waals surface area contributed by atoms with Crippen LogP contribution in [-0.4, -0.2) is 47.9 Å². The van der Waals surface area contributed by atoms with Crippen LogP contribution in [0, 0.1) is 0 Å². The fourth-order valence-electron chi connectivity index (χ4n) is 4.33. The van der Waals surface area contributed by atoms with E-state index in [9.17, 15) is 4.79 Å². The van der Waals surface area contributed by atoms with E-state index < -0.39 is 5.79 Å². The van der Waals surface area contributed by atoms with E-state index in [1.54, 1.807) is 0 Å². The van der Waals surface area contributed by atoms with Crippen molar-refractivity contribution in [3.8, 4) is 0 Å². The van der Waals surface area contributed by atoms with Crippen LogP contribution in [0.4, 0.5) is 0 Å². The van der Waals surface area contributed by atoms with E-state index in [0.29, 0.717) is 13.2 Å². The number of nitrogens with zero attached hydrogens (tertiary/aromatic N) is 1. The number of hydrogen-bond acceptors (Lipinski definition) is 3. The zero-order chi connectivity index (χ0) is 16.2. The van der Waals surface area contributed by atoms with Gasteiger partial charge in [0.1, 0.15) is 0 Å². The number of likely N-dealkylation sites (tertiary alicyclic amines) is 1. The van der Waals surface area contributed by atoms with E-state index in [0.717, 1.165) is 49.9 Å². The molecule has 3 fully saturated rings. The molecule has 1 N–H and O–H groups in total. The van der Waals surface area contributed by atoms with Gasteiger partial charge in [-0.3, -0.25) is 4.79 Å². The number of para-hydroxylation sites is 1. The molecule has 3 aliphatic rings. The van der Waals surface area contributed by atoms with Crippen molar-refractivity contribution in [2.45, 2.75) is 36.9 Å². The van der Waals surface area contributed by atoms with Gasteiger partial charge in [-0.25, -0.2) is 0 Å². The number of ether oxygens (including phenoxy) is 2. The number of H-pyrrole nitrogens is 1. The minimum absolute atomic E-state index is 0.278. The monoisotopic (exact) mass is 326 g/mol. The fraction of sp³-hybridized carbons (Fsp3) is 0.526. The van der Waals surface area contributed by atoms with Gasteiger partial charge in [0.15, 0.2) is 5.79 Å². The maximum Gasteiger partial charge on any atom is 0.233 e. The van der Waals surface area contributed by atoms with E-state index in [1.807, 2.05) is 23.2 Å². The molecule has 5 nitrogen and oxygen atoms in total. The van der Waals surface area contributed by atoms with Crippen LogP contribution in [0.25, 0.3) is 10.9 Å². The van der Waals surface area contributed by atoms with E-state index in [4.69, 9.17) is 9.47 Å². The average Bonchev–Trinajstić information content (AvgIpc) is 3.10. The first-order chi connectivity index (χ1) is 11.7. The van der Waals surface area contributed by atoms with Crippen molar-refractivity contribution in [1.82, 2.24) is 9.88 Å². The zero-order valence-electron chi connectivity index (χ0n) is 13.7. The van der Waals surface area contributed by atoms with Gasteiger partial charge in [-0.2, -0.15) is 0 Å². The lowest BCUT2D eigenvalue weighted by atomic mass is 9.92. The predicted molar refractivity (Wildman–Crippen MR) is 89.7 cm³/mol. The van der Waals surface area contributed by atoms with Crippen molar-refractivity contribution in [3.63, 3.8) is 0 Å². The predicted octanol–water partition coefficient (Wildman–Crippen LogP) is 2.57. The number of nitrogens with one attached hydrogen (secondary N) is 1. The van der Waals surface area contributed by atoms with Gasteiger partial charge in [-0.15, -0.1) is 0 Å². The van der Waals surface area contributed by atoms with Gasteiger partial charge in [0.25, 0.3) is 0 Å². The Balaban J connectivity index is 1.39. The molecule has 2 saturated heterocycles. The SMILES string of the molecule is O=C(N1CCC2(CC1)OCCO2)C1(c2c[nH]c3ccccc23)CC1. The average molecular weight is 326 g/mol. The first-order valence-electron chi connectivity index (χ1n) is 8.86. The summed E-state index contributed by atoms with van der Waals surface area (Å²) in [5.74, 6) is -0.144. The van der Waals surface area contributed by atoms with Gasteiger partial charge in [-0.1, -0.05) is 18.2 Å². The van der Waals surface area contributed by atoms with Crippen LogP contribution in [0.15, 0.2) is 30.5 Å². The minimum Gasteiger partial charge on any atom is -0.361 e. The van der Waals surface area contributed by atoms with E-state index >= 15 is 0 Å². The summed E-state index contributed by atoms with van der Waals surface area (Å²) >= 11 is 0. The van der Waals surface area contributed by atoms with Crippen LogP contribution in [0.5, 0.6) is 0 Å². The maximum absolute atomic E-state index is 13.3. The number of hydrogen-bond donors (Lipinski definition) is 1. The normalized spacial score (nSPS) is 24.6. The second kappa shape index (κ2) is 5.07. The highest BCUT2D eigenvalue weighted by Gasteiger charge is 2.55. The molecule has 0 unspecified atom stereocenters. The van der Waals surface area contributed by atoms with Crippen molar-refractivity contribution in [2.24, 2.45) is 0 Å². The number of benzene rings is 1. The molecule has 2 aromatic rings. The molecule has 1 aliphatic carbocycles. The molecule has 1 spiro atoms. The van der Waals surface area contributed by atoms with Crippen LogP contribution < -0.4 is 0 Å². The minimum atomic E-state index is -0.422. The zero-order valence-corrected chi connectivity index (χ0v) is 13.7. The standard InChI is InChI=1S/C19H22N2O3/c22-17(21-9-7-19(8-10-21)23-11-12-24-19)18(5-6-18)15-13-20-16-4-2-1-3-14(15)16/h1-4,13,20H,5-12H2. The number of rotatable bonds is 2. The Bertz CT molecular complexity index is 777. The largest absolute Gasteiger partial charge is 0.361 e. The first-order valence-corrected chi connectivity index (χ1v) is 8.86. The summed E-state index contributed by atoms with van der Waals surface area (Å²) in [5.41, 5.74) is 1.95. The molecular weight excluding hydrogens is 304 g/mol. The number of fused-ring (bicyclic) bond motifs is 1. The van der Waals surface area contributed by atoms with Gasteiger partial charge in [-0.05, 0) is 24.5 Å². The summed E-state index contributed by atoms with van der Waals surface area (Å²) in [6, 6.07) is 8.24. The van der Waals surface area contributed by atoms with Crippen LogP contribution in [0.3, 0.4) is 0 Å². The van der Waals surface area contributed by atoms with Crippen LogP contribution in [-0.2, 0) is 19.7 Å². The second-order valence-electron chi connectivity index (χ2n) is 7.23. The molecule has 5 rings (SSSR count). The van der Waals surface area contributed by atoms with E-state index in [-0.39, 0.29) is 11.3 Å². The number of carbonyl (C=O) groups excluding carboxylic acids is 1. The number of amides is 1. The van der Waals surface area contributed by atoms with Crippen molar-refractivity contribution in [2.75, 3.05) is 26.3 Å². The Kier molecular flexibility index (Phi) is 3.06. The number of carbonyl (C=O) groups is 1. The highest BCUT2D eigenvalue weighted by atomic mass is 16.7. The highest BCUT2D eigenvalue weighted by Crippen LogP contribution is 2.52. The summed E-state index contributed by atoms with van der Waals surface area (Å²) < 4.78 is 11.6. The second-order valence-corrected chi connectivity index (χ2v) is 7.23. The molecule has 0 atom stereocenters. The fourth-order valence-corrected chi connectivity index (χ4v) is 4.33. The Morgan fingerprint density at radius 3 is 2.46 bits per heavy atom. The Hall–Kier alpha value is -1.85. The summed E-state index contributed by atoms with van der Waals surface area (Å²) in [6.07, 6.45) is 5.49.